The largest absolute Gasteiger partial charge is 0.480 e. The maximum atomic E-state index is 10.5. The highest BCUT2D eigenvalue weighted by molar-refractivity contribution is 5.82. The van der Waals surface area contributed by atoms with Crippen LogP contribution in [0.25, 0.3) is 10.9 Å². The fourth-order valence-electron chi connectivity index (χ4n) is 2.09. The number of aromatic nitrogens is 3. The minimum Gasteiger partial charge on any atom is -0.480 e. The molecule has 0 amide bonds. The van der Waals surface area contributed by atoms with Crippen molar-refractivity contribution in [3.05, 3.63) is 59.9 Å². The molecule has 0 bridgehead atoms. The van der Waals surface area contributed by atoms with Crippen LogP contribution in [0, 0.1) is 0 Å². The lowest BCUT2D eigenvalue weighted by molar-refractivity contribution is 0.214. The molecule has 5 nitrogen and oxygen atoms in total. The molecule has 1 atom stereocenters. The number of aliphatic hydroxyl groups is 1. The second kappa shape index (κ2) is 5.22. The van der Waals surface area contributed by atoms with Crippen LogP contribution in [0.15, 0.2) is 48.7 Å². The number of ether oxygens (including phenoxy) is 1. The van der Waals surface area contributed by atoms with Crippen LogP contribution < -0.4 is 4.74 Å². The standard InChI is InChI=1S/C15H13N3O2/c1-20-13-8-7-12(17-18-13)15(19)11-6-2-4-10-5-3-9-16-14(10)11/h2-9,15,19H,1H3. The van der Waals surface area contributed by atoms with E-state index in [-0.39, 0.29) is 0 Å². The van der Waals surface area contributed by atoms with Crippen molar-refractivity contribution in [1.29, 1.82) is 0 Å². The van der Waals surface area contributed by atoms with Gasteiger partial charge in [0.25, 0.3) is 0 Å². The van der Waals surface area contributed by atoms with Crippen molar-refractivity contribution in [2.75, 3.05) is 7.11 Å². The summed E-state index contributed by atoms with van der Waals surface area (Å²) in [6.07, 6.45) is 0.838. The molecule has 0 radical (unpaired) electrons. The van der Waals surface area contributed by atoms with Crippen molar-refractivity contribution in [3.8, 4) is 5.88 Å². The van der Waals surface area contributed by atoms with E-state index in [0.29, 0.717) is 17.1 Å². The fraction of sp³-hybridized carbons (Fsp3) is 0.133. The van der Waals surface area contributed by atoms with E-state index in [1.54, 1.807) is 18.3 Å². The summed E-state index contributed by atoms with van der Waals surface area (Å²) in [5.74, 6) is 0.414. The monoisotopic (exact) mass is 267 g/mol. The molecule has 1 N–H and O–H groups in total. The Labute approximate surface area is 115 Å². The first-order chi connectivity index (χ1) is 9.79. The molecule has 0 saturated carbocycles. The Hall–Kier alpha value is -2.53. The molecule has 2 aromatic heterocycles. The molecule has 0 fully saturated rings. The zero-order valence-electron chi connectivity index (χ0n) is 10.9. The normalized spacial score (nSPS) is 12.3. The Morgan fingerprint density at radius 3 is 2.65 bits per heavy atom. The summed E-state index contributed by atoms with van der Waals surface area (Å²) in [4.78, 5) is 4.33. The predicted molar refractivity (Wildman–Crippen MR) is 74.4 cm³/mol. The van der Waals surface area contributed by atoms with E-state index in [1.807, 2.05) is 30.3 Å². The van der Waals surface area contributed by atoms with Crippen LogP contribution in [-0.4, -0.2) is 27.4 Å². The number of hydrogen-bond donors (Lipinski definition) is 1. The fourth-order valence-corrected chi connectivity index (χ4v) is 2.09. The molecule has 1 aromatic carbocycles. The van der Waals surface area contributed by atoms with Crippen LogP contribution in [0.2, 0.25) is 0 Å². The lowest BCUT2D eigenvalue weighted by atomic mass is 10.0. The van der Waals surface area contributed by atoms with E-state index in [9.17, 15) is 5.11 Å². The van der Waals surface area contributed by atoms with E-state index in [4.69, 9.17) is 4.74 Å². The first-order valence-corrected chi connectivity index (χ1v) is 6.19. The lowest BCUT2D eigenvalue weighted by Gasteiger charge is -2.12. The number of aliphatic hydroxyl groups excluding tert-OH is 1. The van der Waals surface area contributed by atoms with Crippen LogP contribution in [0.3, 0.4) is 0 Å². The van der Waals surface area contributed by atoms with Gasteiger partial charge in [0, 0.05) is 23.2 Å². The van der Waals surface area contributed by atoms with Gasteiger partial charge in [-0.25, -0.2) is 0 Å². The van der Waals surface area contributed by atoms with E-state index in [1.165, 1.54) is 7.11 Å². The van der Waals surface area contributed by atoms with Gasteiger partial charge in [-0.15, -0.1) is 10.2 Å². The molecule has 20 heavy (non-hydrogen) atoms. The minimum absolute atomic E-state index is 0.414. The van der Waals surface area contributed by atoms with Gasteiger partial charge >= 0.3 is 0 Å². The summed E-state index contributed by atoms with van der Waals surface area (Å²) in [5, 5.41) is 19.3. The van der Waals surface area contributed by atoms with Gasteiger partial charge in [-0.1, -0.05) is 24.3 Å². The van der Waals surface area contributed by atoms with Gasteiger partial charge in [-0.2, -0.15) is 0 Å². The van der Waals surface area contributed by atoms with Gasteiger partial charge in [-0.3, -0.25) is 4.98 Å². The topological polar surface area (TPSA) is 68.1 Å². The Balaban J connectivity index is 2.05. The molecule has 3 aromatic rings. The van der Waals surface area contributed by atoms with Gasteiger partial charge in [0.15, 0.2) is 0 Å². The molecule has 100 valence electrons. The van der Waals surface area contributed by atoms with Crippen LogP contribution in [-0.2, 0) is 0 Å². The quantitative estimate of drug-likeness (QED) is 0.787. The van der Waals surface area contributed by atoms with Crippen molar-refractivity contribution < 1.29 is 9.84 Å². The number of pyridine rings is 1. The first kappa shape index (κ1) is 12.5. The molecular weight excluding hydrogens is 254 g/mol. The highest BCUT2D eigenvalue weighted by Gasteiger charge is 2.16. The average Bonchev–Trinajstić information content (AvgIpc) is 2.54. The molecule has 0 aliphatic heterocycles. The number of methoxy groups -OCH3 is 1. The average molecular weight is 267 g/mol. The molecular formula is C15H13N3O2. The van der Waals surface area contributed by atoms with Crippen LogP contribution in [0.4, 0.5) is 0 Å². The second-order valence-electron chi connectivity index (χ2n) is 4.33. The number of hydrogen-bond acceptors (Lipinski definition) is 5. The number of fused-ring (bicyclic) bond motifs is 1. The third-order valence-corrected chi connectivity index (χ3v) is 3.11. The van der Waals surface area contributed by atoms with E-state index >= 15 is 0 Å². The molecule has 0 aliphatic rings. The second-order valence-corrected chi connectivity index (χ2v) is 4.33. The maximum absolute atomic E-state index is 10.5. The summed E-state index contributed by atoms with van der Waals surface area (Å²) in [7, 11) is 1.52. The van der Waals surface area contributed by atoms with Crippen molar-refractivity contribution in [2.45, 2.75) is 6.10 Å². The minimum atomic E-state index is -0.869. The summed E-state index contributed by atoms with van der Waals surface area (Å²) in [6, 6.07) is 12.9. The lowest BCUT2D eigenvalue weighted by Crippen LogP contribution is -2.05. The Morgan fingerprint density at radius 2 is 1.90 bits per heavy atom. The smallest absolute Gasteiger partial charge is 0.233 e. The van der Waals surface area contributed by atoms with E-state index < -0.39 is 6.10 Å². The van der Waals surface area contributed by atoms with Gasteiger partial charge < -0.3 is 9.84 Å². The van der Waals surface area contributed by atoms with Gasteiger partial charge in [-0.05, 0) is 12.1 Å². The van der Waals surface area contributed by atoms with Crippen LogP contribution in [0.5, 0.6) is 5.88 Å². The van der Waals surface area contributed by atoms with Crippen LogP contribution in [0.1, 0.15) is 17.4 Å². The van der Waals surface area contributed by atoms with E-state index in [0.717, 1.165) is 10.9 Å². The zero-order valence-corrected chi connectivity index (χ0v) is 10.9. The van der Waals surface area contributed by atoms with Crippen molar-refractivity contribution in [2.24, 2.45) is 0 Å². The number of nitrogens with zero attached hydrogens (tertiary/aromatic N) is 3. The molecule has 5 heteroatoms. The van der Waals surface area contributed by atoms with Crippen LogP contribution >= 0.6 is 0 Å². The van der Waals surface area contributed by atoms with Crippen molar-refractivity contribution >= 4 is 10.9 Å². The predicted octanol–water partition coefficient (Wildman–Crippen LogP) is 2.12. The molecule has 1 unspecified atom stereocenters. The molecule has 0 spiro atoms. The van der Waals surface area contributed by atoms with Gasteiger partial charge in [0.1, 0.15) is 6.10 Å². The third kappa shape index (κ3) is 2.19. The van der Waals surface area contributed by atoms with E-state index in [2.05, 4.69) is 15.2 Å². The summed E-state index contributed by atoms with van der Waals surface area (Å²) < 4.78 is 4.96. The molecule has 3 rings (SSSR count). The number of benzene rings is 1. The molecule has 0 aliphatic carbocycles. The number of para-hydroxylation sites is 1. The first-order valence-electron chi connectivity index (χ1n) is 6.19. The summed E-state index contributed by atoms with van der Waals surface area (Å²) >= 11 is 0. The van der Waals surface area contributed by atoms with Crippen molar-refractivity contribution in [1.82, 2.24) is 15.2 Å². The summed E-state index contributed by atoms with van der Waals surface area (Å²) in [6.45, 7) is 0. The highest BCUT2D eigenvalue weighted by atomic mass is 16.5. The van der Waals surface area contributed by atoms with Crippen molar-refractivity contribution in [3.63, 3.8) is 0 Å². The SMILES string of the molecule is COc1ccc(C(O)c2cccc3cccnc23)nn1. The maximum Gasteiger partial charge on any atom is 0.233 e. The Bertz CT molecular complexity index is 723. The van der Waals surface area contributed by atoms with Gasteiger partial charge in [0.2, 0.25) is 5.88 Å². The molecule has 0 saturated heterocycles. The molecule has 2 heterocycles. The third-order valence-electron chi connectivity index (χ3n) is 3.11. The zero-order chi connectivity index (χ0) is 13.9. The van der Waals surface area contributed by atoms with Gasteiger partial charge in [0.05, 0.1) is 18.3 Å². The summed E-state index contributed by atoms with van der Waals surface area (Å²) in [5.41, 5.74) is 1.94. The Morgan fingerprint density at radius 1 is 1.05 bits per heavy atom. The number of rotatable bonds is 3. The highest BCUT2D eigenvalue weighted by Crippen LogP contribution is 2.26. The Kier molecular flexibility index (Phi) is 3.26.